The van der Waals surface area contributed by atoms with Crippen molar-refractivity contribution in [3.8, 4) is 5.75 Å². The molecular weight excluding hydrogens is 395 g/mol. The van der Waals surface area contributed by atoms with Gasteiger partial charge in [-0.1, -0.05) is 30.3 Å². The van der Waals surface area contributed by atoms with E-state index >= 15 is 0 Å². The average Bonchev–Trinajstić information content (AvgIpc) is 2.71. The number of carbonyl (C=O) groups excluding carboxylic acids is 1. The molecule has 29 heavy (non-hydrogen) atoms. The van der Waals surface area contributed by atoms with Gasteiger partial charge >= 0.3 is 0 Å². The highest BCUT2D eigenvalue weighted by atomic mass is 32.2. The first kappa shape index (κ1) is 20.3. The van der Waals surface area contributed by atoms with Gasteiger partial charge in [0.25, 0.3) is 15.9 Å². The van der Waals surface area contributed by atoms with Gasteiger partial charge < -0.3 is 10.1 Å². The number of rotatable bonds is 7. The number of benzene rings is 3. The molecule has 3 rings (SSSR count). The first-order valence-electron chi connectivity index (χ1n) is 8.75. The largest absolute Gasteiger partial charge is 0.481 e. The predicted octanol–water partition coefficient (Wildman–Crippen LogP) is 4.03. The van der Waals surface area contributed by atoms with Crippen molar-refractivity contribution >= 4 is 27.3 Å². The summed E-state index contributed by atoms with van der Waals surface area (Å²) in [6, 6.07) is 19.9. The minimum absolute atomic E-state index is 0.0627. The van der Waals surface area contributed by atoms with Crippen LogP contribution in [0.2, 0.25) is 0 Å². The summed E-state index contributed by atoms with van der Waals surface area (Å²) in [5, 5.41) is 2.66. The van der Waals surface area contributed by atoms with E-state index in [9.17, 15) is 17.6 Å². The van der Waals surface area contributed by atoms with Crippen molar-refractivity contribution in [3.05, 3.63) is 84.7 Å². The zero-order valence-corrected chi connectivity index (χ0v) is 16.3. The second kappa shape index (κ2) is 8.74. The summed E-state index contributed by atoms with van der Waals surface area (Å²) in [6.45, 7) is 1.61. The molecule has 6 nitrogen and oxygen atoms in total. The highest BCUT2D eigenvalue weighted by Crippen LogP contribution is 2.20. The molecule has 1 atom stereocenters. The van der Waals surface area contributed by atoms with Gasteiger partial charge in [0.1, 0.15) is 11.6 Å². The van der Waals surface area contributed by atoms with E-state index in [0.717, 1.165) is 6.07 Å². The molecule has 0 fully saturated rings. The molecule has 3 aromatic rings. The van der Waals surface area contributed by atoms with Crippen LogP contribution in [0.25, 0.3) is 0 Å². The third-order valence-electron chi connectivity index (χ3n) is 3.98. The van der Waals surface area contributed by atoms with Crippen LogP contribution >= 0.6 is 0 Å². The van der Waals surface area contributed by atoms with E-state index in [2.05, 4.69) is 10.0 Å². The summed E-state index contributed by atoms with van der Waals surface area (Å²) in [7, 11) is -3.97. The summed E-state index contributed by atoms with van der Waals surface area (Å²) in [5.41, 5.74) is 0.264. The monoisotopic (exact) mass is 414 g/mol. The average molecular weight is 414 g/mol. The molecule has 0 bridgehead atoms. The molecule has 0 aliphatic heterocycles. The van der Waals surface area contributed by atoms with Crippen molar-refractivity contribution in [2.24, 2.45) is 0 Å². The summed E-state index contributed by atoms with van der Waals surface area (Å²) in [4.78, 5) is 12.2. The molecule has 0 spiro atoms. The fourth-order valence-corrected chi connectivity index (χ4v) is 3.53. The van der Waals surface area contributed by atoms with Crippen molar-refractivity contribution in [3.63, 3.8) is 0 Å². The van der Waals surface area contributed by atoms with Gasteiger partial charge in [0, 0.05) is 5.69 Å². The first-order valence-corrected chi connectivity index (χ1v) is 10.2. The maximum Gasteiger partial charge on any atom is 0.265 e. The van der Waals surface area contributed by atoms with Crippen LogP contribution in [0.5, 0.6) is 5.75 Å². The second-order valence-corrected chi connectivity index (χ2v) is 7.85. The molecule has 0 aromatic heterocycles. The van der Waals surface area contributed by atoms with E-state index in [4.69, 9.17) is 4.74 Å². The summed E-state index contributed by atoms with van der Waals surface area (Å²) in [6.07, 6.45) is -0.747. The molecule has 1 unspecified atom stereocenters. The Morgan fingerprint density at radius 2 is 1.55 bits per heavy atom. The molecule has 8 heteroatoms. The molecule has 0 saturated carbocycles. The summed E-state index contributed by atoms with van der Waals surface area (Å²) < 4.78 is 46.3. The zero-order valence-electron chi connectivity index (χ0n) is 15.5. The normalized spacial score (nSPS) is 12.1. The van der Waals surface area contributed by atoms with Crippen LogP contribution in [0.15, 0.2) is 83.8 Å². The minimum atomic E-state index is -3.97. The number of anilines is 2. The number of carbonyl (C=O) groups is 1. The van der Waals surface area contributed by atoms with Gasteiger partial charge in [-0.3, -0.25) is 9.52 Å². The lowest BCUT2D eigenvalue weighted by molar-refractivity contribution is -0.122. The van der Waals surface area contributed by atoms with Crippen LogP contribution in [-0.4, -0.2) is 20.4 Å². The molecule has 0 aliphatic carbocycles. The molecule has 1 amide bonds. The molecule has 3 aromatic carbocycles. The summed E-state index contributed by atoms with van der Waals surface area (Å²) >= 11 is 0. The number of hydrogen-bond donors (Lipinski definition) is 2. The van der Waals surface area contributed by atoms with Crippen molar-refractivity contribution < 1.29 is 22.3 Å². The van der Waals surface area contributed by atoms with Gasteiger partial charge in [-0.2, -0.15) is 0 Å². The fourth-order valence-electron chi connectivity index (χ4n) is 2.47. The van der Waals surface area contributed by atoms with Crippen LogP contribution in [0.3, 0.4) is 0 Å². The number of hydrogen-bond acceptors (Lipinski definition) is 4. The first-order chi connectivity index (χ1) is 13.8. The minimum Gasteiger partial charge on any atom is -0.481 e. The van der Waals surface area contributed by atoms with Crippen LogP contribution in [-0.2, 0) is 14.8 Å². The van der Waals surface area contributed by atoms with Gasteiger partial charge in [0.2, 0.25) is 0 Å². The maximum atomic E-state index is 13.7. The fraction of sp³-hybridized carbons (Fsp3) is 0.0952. The maximum absolute atomic E-state index is 13.7. The van der Waals surface area contributed by atoms with Crippen molar-refractivity contribution in [1.82, 2.24) is 0 Å². The van der Waals surface area contributed by atoms with E-state index in [1.54, 1.807) is 31.2 Å². The van der Waals surface area contributed by atoms with Gasteiger partial charge in [0.05, 0.1) is 10.6 Å². The smallest absolute Gasteiger partial charge is 0.265 e. The number of amides is 1. The standard InChI is InChI=1S/C21H19FN2O4S/c1-15(28-17-7-3-2-4-8-17)21(25)23-16-11-13-18(14-12-16)29(26,27)24-20-10-6-5-9-19(20)22/h2-15,24H,1H3,(H,23,25). The summed E-state index contributed by atoms with van der Waals surface area (Å²) in [5.74, 6) is -0.489. The Balaban J connectivity index is 1.65. The molecule has 150 valence electrons. The topological polar surface area (TPSA) is 84.5 Å². The Hall–Kier alpha value is -3.39. The highest BCUT2D eigenvalue weighted by Gasteiger charge is 2.18. The van der Waals surface area contributed by atoms with Crippen LogP contribution in [0.1, 0.15) is 6.92 Å². The molecule has 0 radical (unpaired) electrons. The molecular formula is C21H19FN2O4S. The van der Waals surface area contributed by atoms with E-state index in [1.165, 1.54) is 42.5 Å². The number of para-hydroxylation sites is 2. The van der Waals surface area contributed by atoms with Crippen molar-refractivity contribution in [2.75, 3.05) is 10.0 Å². The quantitative estimate of drug-likeness (QED) is 0.611. The Bertz CT molecular complexity index is 1090. The van der Waals surface area contributed by atoms with Crippen LogP contribution in [0.4, 0.5) is 15.8 Å². The van der Waals surface area contributed by atoms with E-state index in [0.29, 0.717) is 11.4 Å². The number of halogens is 1. The second-order valence-electron chi connectivity index (χ2n) is 6.17. The SMILES string of the molecule is CC(Oc1ccccc1)C(=O)Nc1ccc(S(=O)(=O)Nc2ccccc2F)cc1. The van der Waals surface area contributed by atoms with Gasteiger partial charge in [0.15, 0.2) is 6.10 Å². The number of sulfonamides is 1. The lowest BCUT2D eigenvalue weighted by Crippen LogP contribution is -2.30. The Labute approximate surface area is 168 Å². The number of ether oxygens (including phenoxy) is 1. The molecule has 2 N–H and O–H groups in total. The lowest BCUT2D eigenvalue weighted by Gasteiger charge is -2.15. The van der Waals surface area contributed by atoms with Gasteiger partial charge in [-0.15, -0.1) is 0 Å². The van der Waals surface area contributed by atoms with Crippen LogP contribution < -0.4 is 14.8 Å². The van der Waals surface area contributed by atoms with E-state index in [1.807, 2.05) is 6.07 Å². The highest BCUT2D eigenvalue weighted by molar-refractivity contribution is 7.92. The molecule has 0 heterocycles. The Morgan fingerprint density at radius 3 is 2.21 bits per heavy atom. The zero-order chi connectivity index (χ0) is 20.9. The van der Waals surface area contributed by atoms with Crippen molar-refractivity contribution in [1.29, 1.82) is 0 Å². The van der Waals surface area contributed by atoms with Crippen LogP contribution in [0, 0.1) is 5.82 Å². The molecule has 0 aliphatic rings. The van der Waals surface area contributed by atoms with E-state index < -0.39 is 21.9 Å². The van der Waals surface area contributed by atoms with E-state index in [-0.39, 0.29) is 16.5 Å². The number of nitrogens with one attached hydrogen (secondary N) is 2. The Morgan fingerprint density at radius 1 is 0.931 bits per heavy atom. The van der Waals surface area contributed by atoms with Gasteiger partial charge in [-0.05, 0) is 55.5 Å². The molecule has 0 saturated heterocycles. The predicted molar refractivity (Wildman–Crippen MR) is 109 cm³/mol. The Kier molecular flexibility index (Phi) is 6.13. The van der Waals surface area contributed by atoms with Crippen molar-refractivity contribution in [2.45, 2.75) is 17.9 Å². The lowest BCUT2D eigenvalue weighted by atomic mass is 10.3. The van der Waals surface area contributed by atoms with Gasteiger partial charge in [-0.25, -0.2) is 12.8 Å². The third-order valence-corrected chi connectivity index (χ3v) is 5.36. The third kappa shape index (κ3) is 5.32.